The van der Waals surface area contributed by atoms with Gasteiger partial charge in [-0.15, -0.1) is 0 Å². The maximum absolute atomic E-state index is 4.30. The fourth-order valence-electron chi connectivity index (χ4n) is 2.54. The van der Waals surface area contributed by atoms with Gasteiger partial charge in [0.1, 0.15) is 0 Å². The summed E-state index contributed by atoms with van der Waals surface area (Å²) >= 11 is 0. The van der Waals surface area contributed by atoms with Gasteiger partial charge in [0.05, 0.1) is 11.9 Å². The third-order valence-electron chi connectivity index (χ3n) is 4.34. The summed E-state index contributed by atoms with van der Waals surface area (Å²) in [5.41, 5.74) is 2.68. The predicted octanol–water partition coefficient (Wildman–Crippen LogP) is 2.57. The fraction of sp³-hybridized carbons (Fsp3) is 0.667. The van der Waals surface area contributed by atoms with Crippen molar-refractivity contribution in [1.29, 1.82) is 0 Å². The Kier molecular flexibility index (Phi) is 3.25. The Bertz CT molecular complexity index is 410. The Labute approximate surface area is 110 Å². The molecule has 2 aliphatic rings. The Hall–Kier alpha value is -1.09. The number of hydrogen-bond acceptors (Lipinski definition) is 3. The summed E-state index contributed by atoms with van der Waals surface area (Å²) in [5.74, 6) is 0.888. The van der Waals surface area contributed by atoms with Crippen LogP contribution in [0.2, 0.25) is 0 Å². The third kappa shape index (κ3) is 2.66. The van der Waals surface area contributed by atoms with Gasteiger partial charge in [-0.3, -0.25) is 4.98 Å². The van der Waals surface area contributed by atoms with Gasteiger partial charge in [-0.05, 0) is 50.2 Å². The zero-order valence-corrected chi connectivity index (χ0v) is 11.4. The monoisotopic (exact) mass is 245 g/mol. The number of aromatic nitrogens is 1. The van der Waals surface area contributed by atoms with E-state index >= 15 is 0 Å². The van der Waals surface area contributed by atoms with Crippen LogP contribution in [0.5, 0.6) is 0 Å². The highest BCUT2D eigenvalue weighted by Gasteiger charge is 2.31. The second-order valence-electron chi connectivity index (χ2n) is 5.85. The smallest absolute Gasteiger partial charge is 0.0598 e. The number of rotatable bonds is 6. The van der Waals surface area contributed by atoms with E-state index in [4.69, 9.17) is 0 Å². The lowest BCUT2D eigenvalue weighted by Gasteiger charge is -2.28. The van der Waals surface area contributed by atoms with Gasteiger partial charge in [0.15, 0.2) is 0 Å². The van der Waals surface area contributed by atoms with E-state index in [-0.39, 0.29) is 0 Å². The van der Waals surface area contributed by atoms with Crippen LogP contribution >= 0.6 is 0 Å². The molecule has 1 aromatic heterocycles. The number of hydrogen-bond donors (Lipinski definition) is 1. The summed E-state index contributed by atoms with van der Waals surface area (Å²) in [6.07, 6.45) is 9.39. The second-order valence-corrected chi connectivity index (χ2v) is 5.85. The topological polar surface area (TPSA) is 28.2 Å². The average Bonchev–Trinajstić information content (AvgIpc) is 3.28. The first-order valence-electron chi connectivity index (χ1n) is 7.15. The van der Waals surface area contributed by atoms with Gasteiger partial charge in [0, 0.05) is 31.9 Å². The molecule has 0 saturated heterocycles. The highest BCUT2D eigenvalue weighted by atomic mass is 15.1. The van der Waals surface area contributed by atoms with Crippen molar-refractivity contribution in [3.8, 4) is 0 Å². The summed E-state index contributed by atoms with van der Waals surface area (Å²) in [6, 6.07) is 3.55. The number of nitrogens with one attached hydrogen (secondary N) is 1. The van der Waals surface area contributed by atoms with Gasteiger partial charge in [-0.1, -0.05) is 0 Å². The van der Waals surface area contributed by atoms with Gasteiger partial charge in [-0.2, -0.15) is 0 Å². The molecule has 18 heavy (non-hydrogen) atoms. The van der Waals surface area contributed by atoms with Gasteiger partial charge >= 0.3 is 0 Å². The minimum Gasteiger partial charge on any atom is -0.370 e. The largest absolute Gasteiger partial charge is 0.370 e. The van der Waals surface area contributed by atoms with Crippen molar-refractivity contribution >= 4 is 5.69 Å². The van der Waals surface area contributed by atoms with E-state index in [9.17, 15) is 0 Å². The van der Waals surface area contributed by atoms with E-state index in [1.807, 2.05) is 12.4 Å². The van der Waals surface area contributed by atoms with Crippen LogP contribution in [0.25, 0.3) is 0 Å². The first-order chi connectivity index (χ1) is 8.75. The molecular weight excluding hydrogens is 222 g/mol. The van der Waals surface area contributed by atoms with Crippen molar-refractivity contribution in [2.75, 3.05) is 11.9 Å². The van der Waals surface area contributed by atoms with E-state index in [2.05, 4.69) is 35.2 Å². The molecule has 0 aromatic carbocycles. The van der Waals surface area contributed by atoms with Gasteiger partial charge < -0.3 is 10.2 Å². The van der Waals surface area contributed by atoms with Crippen LogP contribution in [0.3, 0.4) is 0 Å². The highest BCUT2D eigenvalue weighted by molar-refractivity contribution is 5.52. The molecule has 0 radical (unpaired) electrons. The lowest BCUT2D eigenvalue weighted by molar-refractivity contribution is 0.602. The maximum Gasteiger partial charge on any atom is 0.0598 e. The Balaban J connectivity index is 1.71. The van der Waals surface area contributed by atoms with Gasteiger partial charge in [0.25, 0.3) is 0 Å². The quantitative estimate of drug-likeness (QED) is 0.835. The molecule has 0 spiro atoms. The molecule has 0 bridgehead atoms. The molecule has 1 atom stereocenters. The van der Waals surface area contributed by atoms with Crippen molar-refractivity contribution in [1.82, 2.24) is 10.3 Å². The van der Waals surface area contributed by atoms with Crippen molar-refractivity contribution in [3.05, 3.63) is 24.0 Å². The molecule has 0 amide bonds. The van der Waals surface area contributed by atoms with Crippen LogP contribution < -0.4 is 10.2 Å². The van der Waals surface area contributed by atoms with E-state index in [0.717, 1.165) is 18.5 Å². The molecule has 3 heteroatoms. The summed E-state index contributed by atoms with van der Waals surface area (Å²) in [7, 11) is 2.21. The van der Waals surface area contributed by atoms with Crippen LogP contribution in [-0.4, -0.2) is 24.1 Å². The zero-order valence-electron chi connectivity index (χ0n) is 11.4. The first-order valence-corrected chi connectivity index (χ1v) is 7.15. The van der Waals surface area contributed by atoms with Crippen molar-refractivity contribution in [2.24, 2.45) is 5.92 Å². The first kappa shape index (κ1) is 12.0. The molecule has 1 heterocycles. The summed E-state index contributed by atoms with van der Waals surface area (Å²) < 4.78 is 0. The number of nitrogens with zero attached hydrogens (tertiary/aromatic N) is 2. The molecule has 3 nitrogen and oxygen atoms in total. The normalized spacial score (nSPS) is 20.8. The number of pyridine rings is 1. The average molecular weight is 245 g/mol. The maximum atomic E-state index is 4.30. The van der Waals surface area contributed by atoms with Gasteiger partial charge in [-0.25, -0.2) is 0 Å². The van der Waals surface area contributed by atoms with Crippen LogP contribution in [0, 0.1) is 5.92 Å². The van der Waals surface area contributed by atoms with Crippen molar-refractivity contribution < 1.29 is 0 Å². The lowest BCUT2D eigenvalue weighted by atomic mass is 10.1. The van der Waals surface area contributed by atoms with E-state index in [1.165, 1.54) is 36.9 Å². The van der Waals surface area contributed by atoms with Gasteiger partial charge in [0.2, 0.25) is 0 Å². The Morgan fingerprint density at radius 1 is 1.39 bits per heavy atom. The standard InChI is InChI=1S/C15H23N3/c1-11(12-3-4-12)18(2)15-10-16-8-7-13(15)9-17-14-5-6-14/h7-8,10-12,14,17H,3-6,9H2,1-2H3. The minimum atomic E-state index is 0.633. The molecule has 2 aliphatic carbocycles. The van der Waals surface area contributed by atoms with Crippen LogP contribution in [0.1, 0.15) is 38.2 Å². The van der Waals surface area contributed by atoms with E-state index in [1.54, 1.807) is 0 Å². The summed E-state index contributed by atoms with van der Waals surface area (Å²) in [6.45, 7) is 3.31. The molecule has 2 saturated carbocycles. The SMILES string of the molecule is CC(C1CC1)N(C)c1cnccc1CNC1CC1. The second kappa shape index (κ2) is 4.88. The predicted molar refractivity (Wildman–Crippen MR) is 74.7 cm³/mol. The summed E-state index contributed by atoms with van der Waals surface area (Å²) in [4.78, 5) is 6.71. The molecule has 1 N–H and O–H groups in total. The lowest BCUT2D eigenvalue weighted by Crippen LogP contribution is -2.32. The Morgan fingerprint density at radius 2 is 2.17 bits per heavy atom. The van der Waals surface area contributed by atoms with Crippen LogP contribution in [0.15, 0.2) is 18.5 Å². The molecule has 2 fully saturated rings. The Morgan fingerprint density at radius 3 is 2.83 bits per heavy atom. The fourth-order valence-corrected chi connectivity index (χ4v) is 2.54. The molecule has 0 aliphatic heterocycles. The zero-order chi connectivity index (χ0) is 12.5. The van der Waals surface area contributed by atoms with E-state index < -0.39 is 0 Å². The third-order valence-corrected chi connectivity index (χ3v) is 4.34. The molecular formula is C15H23N3. The van der Waals surface area contributed by atoms with E-state index in [0.29, 0.717) is 6.04 Å². The summed E-state index contributed by atoms with van der Waals surface area (Å²) in [5, 5.41) is 3.60. The molecule has 1 aromatic rings. The molecule has 3 rings (SSSR count). The van der Waals surface area contributed by atoms with Crippen molar-refractivity contribution in [2.45, 2.75) is 51.2 Å². The highest BCUT2D eigenvalue weighted by Crippen LogP contribution is 2.36. The van der Waals surface area contributed by atoms with Crippen LogP contribution in [0.4, 0.5) is 5.69 Å². The number of anilines is 1. The molecule has 98 valence electrons. The van der Waals surface area contributed by atoms with Crippen molar-refractivity contribution in [3.63, 3.8) is 0 Å². The van der Waals surface area contributed by atoms with Crippen LogP contribution in [-0.2, 0) is 6.54 Å². The molecule has 1 unspecified atom stereocenters. The minimum absolute atomic E-state index is 0.633.